The number of rotatable bonds is 0. The summed E-state index contributed by atoms with van der Waals surface area (Å²) in [5.74, 6) is 0. The minimum atomic E-state index is 0. The Labute approximate surface area is 78.3 Å². The summed E-state index contributed by atoms with van der Waals surface area (Å²) in [5, 5.41) is 0. The third-order valence-corrected chi connectivity index (χ3v) is 0.843. The Morgan fingerprint density at radius 1 is 1.00 bits per heavy atom. The van der Waals surface area contributed by atoms with Crippen LogP contribution in [-0.2, 0) is 0 Å². The Hall–Kier alpha value is 0.0500. The van der Waals surface area contributed by atoms with E-state index >= 15 is 0 Å². The Bertz CT molecular complexity index is 139. The molecular formula is C7H10NNa. The Morgan fingerprint density at radius 3 is 1.67 bits per heavy atom. The van der Waals surface area contributed by atoms with Crippen LogP contribution in [0.3, 0.4) is 0 Å². The molecule has 0 saturated carbocycles. The van der Waals surface area contributed by atoms with Crippen molar-refractivity contribution >= 4 is 0 Å². The molecule has 3 N–H and O–H groups in total. The van der Waals surface area contributed by atoms with Crippen LogP contribution in [0, 0.1) is 6.92 Å². The largest absolute Gasteiger partial charge is 1.00 e. The van der Waals surface area contributed by atoms with Gasteiger partial charge in [0.2, 0.25) is 0 Å². The fraction of sp³-hybridized carbons (Fsp3) is 0. The Kier molecular flexibility index (Phi) is 8.09. The molecule has 0 amide bonds. The average molecular weight is 131 g/mol. The predicted octanol–water partition coefficient (Wildman–Crippen LogP) is -0.965. The first-order valence-electron chi connectivity index (χ1n) is 2.26. The molecule has 1 nitrogen and oxygen atoms in total. The van der Waals surface area contributed by atoms with Gasteiger partial charge in [0.25, 0.3) is 0 Å². The third-order valence-electron chi connectivity index (χ3n) is 0.843. The first kappa shape index (κ1) is 11.8. The van der Waals surface area contributed by atoms with Crippen molar-refractivity contribution in [2.24, 2.45) is 0 Å². The first-order valence-corrected chi connectivity index (χ1v) is 2.26. The summed E-state index contributed by atoms with van der Waals surface area (Å²) in [7, 11) is 0. The monoisotopic (exact) mass is 131 g/mol. The molecule has 0 bridgehead atoms. The molecule has 1 aromatic carbocycles. The quantitative estimate of drug-likeness (QED) is 0.357. The molecule has 0 aliphatic carbocycles. The van der Waals surface area contributed by atoms with Gasteiger partial charge in [0.1, 0.15) is 0 Å². The van der Waals surface area contributed by atoms with Crippen LogP contribution in [0.15, 0.2) is 30.3 Å². The van der Waals surface area contributed by atoms with Crippen LogP contribution in [-0.4, -0.2) is 0 Å². The van der Waals surface area contributed by atoms with Gasteiger partial charge in [-0.05, 0) is 0 Å². The number of benzene rings is 1. The van der Waals surface area contributed by atoms with E-state index < -0.39 is 0 Å². The van der Waals surface area contributed by atoms with Crippen molar-refractivity contribution in [2.75, 3.05) is 0 Å². The molecular weight excluding hydrogens is 121 g/mol. The molecule has 2 heteroatoms. The zero-order valence-electron chi connectivity index (χ0n) is 5.80. The first-order chi connectivity index (χ1) is 3.39. The van der Waals surface area contributed by atoms with Crippen molar-refractivity contribution in [3.63, 3.8) is 0 Å². The van der Waals surface area contributed by atoms with Crippen LogP contribution >= 0.6 is 0 Å². The smallest absolute Gasteiger partial charge is 0.344 e. The van der Waals surface area contributed by atoms with Gasteiger partial charge in [-0.25, -0.2) is 0 Å². The summed E-state index contributed by atoms with van der Waals surface area (Å²) in [4.78, 5) is 0. The van der Waals surface area contributed by atoms with Crippen molar-refractivity contribution in [1.82, 2.24) is 6.15 Å². The minimum absolute atomic E-state index is 0. The fourth-order valence-corrected chi connectivity index (χ4v) is 0.478. The summed E-state index contributed by atoms with van der Waals surface area (Å²) in [5.41, 5.74) is 1.07. The molecule has 1 aromatic rings. The molecule has 0 aliphatic heterocycles. The molecule has 9 heavy (non-hydrogen) atoms. The molecule has 0 unspecified atom stereocenters. The molecule has 0 heterocycles. The van der Waals surface area contributed by atoms with Gasteiger partial charge in [0.15, 0.2) is 0 Å². The van der Waals surface area contributed by atoms with E-state index in [-0.39, 0.29) is 35.7 Å². The second kappa shape index (κ2) is 6.17. The van der Waals surface area contributed by atoms with E-state index in [0.717, 1.165) is 5.56 Å². The normalized spacial score (nSPS) is 6.67. The summed E-state index contributed by atoms with van der Waals surface area (Å²) < 4.78 is 0. The topological polar surface area (TPSA) is 35.0 Å². The van der Waals surface area contributed by atoms with Gasteiger partial charge in [-0.15, -0.1) is 12.1 Å². The number of hydrogen-bond donors (Lipinski definition) is 1. The molecule has 0 aromatic heterocycles. The van der Waals surface area contributed by atoms with Gasteiger partial charge < -0.3 is 6.15 Å². The Morgan fingerprint density at radius 2 is 1.44 bits per heavy atom. The van der Waals surface area contributed by atoms with Crippen molar-refractivity contribution in [3.8, 4) is 0 Å². The van der Waals surface area contributed by atoms with Gasteiger partial charge in [0, 0.05) is 0 Å². The molecule has 44 valence electrons. The predicted molar refractivity (Wildman–Crippen MR) is 35.9 cm³/mol. The van der Waals surface area contributed by atoms with Crippen LogP contribution in [0.2, 0.25) is 0 Å². The van der Waals surface area contributed by atoms with E-state index in [1.807, 2.05) is 30.3 Å². The number of hydrogen-bond acceptors (Lipinski definition) is 1. The van der Waals surface area contributed by atoms with Crippen LogP contribution in [0.25, 0.3) is 0 Å². The molecule has 0 aliphatic rings. The van der Waals surface area contributed by atoms with Crippen molar-refractivity contribution in [1.29, 1.82) is 0 Å². The molecule has 0 fully saturated rings. The molecule has 0 saturated heterocycles. The van der Waals surface area contributed by atoms with Crippen molar-refractivity contribution in [2.45, 2.75) is 0 Å². The molecule has 0 radical (unpaired) electrons. The van der Waals surface area contributed by atoms with E-state index in [4.69, 9.17) is 0 Å². The van der Waals surface area contributed by atoms with Crippen molar-refractivity contribution in [3.05, 3.63) is 42.8 Å². The molecule has 1 rings (SSSR count). The maximum absolute atomic E-state index is 3.72. The van der Waals surface area contributed by atoms with Gasteiger partial charge in [-0.1, -0.05) is 6.07 Å². The second-order valence-electron chi connectivity index (χ2n) is 1.49. The van der Waals surface area contributed by atoms with Gasteiger partial charge in [-0.2, -0.15) is 24.6 Å². The molecule has 0 spiro atoms. The van der Waals surface area contributed by atoms with Crippen LogP contribution in [0.4, 0.5) is 0 Å². The second-order valence-corrected chi connectivity index (χ2v) is 1.49. The van der Waals surface area contributed by atoms with E-state index in [1.165, 1.54) is 0 Å². The van der Waals surface area contributed by atoms with E-state index in [1.54, 1.807) is 0 Å². The van der Waals surface area contributed by atoms with Gasteiger partial charge >= 0.3 is 29.6 Å². The van der Waals surface area contributed by atoms with E-state index in [0.29, 0.717) is 0 Å². The van der Waals surface area contributed by atoms with Crippen LogP contribution in [0.5, 0.6) is 0 Å². The summed E-state index contributed by atoms with van der Waals surface area (Å²) in [6.45, 7) is 3.72. The summed E-state index contributed by atoms with van der Waals surface area (Å²) >= 11 is 0. The van der Waals surface area contributed by atoms with Gasteiger partial charge in [-0.3, -0.25) is 0 Å². The van der Waals surface area contributed by atoms with E-state index in [2.05, 4.69) is 6.92 Å². The molecule has 0 atom stereocenters. The standard InChI is InChI=1S/C7H7.H3N.Na/c1-7-5-3-2-4-6-7;;/h2-6H,1H2;1H3;/q-1;;+1. The zero-order valence-corrected chi connectivity index (χ0v) is 7.80. The van der Waals surface area contributed by atoms with E-state index in [9.17, 15) is 0 Å². The maximum atomic E-state index is 3.72. The maximum Gasteiger partial charge on any atom is 1.00 e. The third kappa shape index (κ3) is 4.55. The van der Waals surface area contributed by atoms with Crippen LogP contribution < -0.4 is 35.7 Å². The van der Waals surface area contributed by atoms with Gasteiger partial charge in [0.05, 0.1) is 0 Å². The SMILES string of the molecule is N.[CH2-]c1ccccc1.[Na+]. The van der Waals surface area contributed by atoms with Crippen LogP contribution in [0.1, 0.15) is 5.56 Å². The summed E-state index contributed by atoms with van der Waals surface area (Å²) in [6.07, 6.45) is 0. The minimum Gasteiger partial charge on any atom is -0.344 e. The summed E-state index contributed by atoms with van der Waals surface area (Å²) in [6, 6.07) is 9.87. The van der Waals surface area contributed by atoms with Crippen molar-refractivity contribution < 1.29 is 29.6 Å². The average Bonchev–Trinajstić information content (AvgIpc) is 1.69. The fourth-order valence-electron chi connectivity index (χ4n) is 0.478. The Balaban J connectivity index is 0. The zero-order chi connectivity index (χ0) is 5.11.